The largest absolute Gasteiger partial charge is 0.353 e. The van der Waals surface area contributed by atoms with Crippen LogP contribution in [0.3, 0.4) is 0 Å². The van der Waals surface area contributed by atoms with Gasteiger partial charge in [-0.25, -0.2) is 9.78 Å². The summed E-state index contributed by atoms with van der Waals surface area (Å²) in [6, 6.07) is 14.6. The Morgan fingerprint density at radius 3 is 2.33 bits per heavy atom. The molecule has 5 nitrogen and oxygen atoms in total. The zero-order valence-corrected chi connectivity index (χ0v) is 13.8. The van der Waals surface area contributed by atoms with Crippen molar-refractivity contribution in [3.63, 3.8) is 0 Å². The lowest BCUT2D eigenvalue weighted by Gasteiger charge is -2.39. The van der Waals surface area contributed by atoms with E-state index in [1.165, 1.54) is 11.1 Å². The van der Waals surface area contributed by atoms with Crippen molar-refractivity contribution < 1.29 is 4.79 Å². The molecule has 0 spiro atoms. The molecule has 0 saturated carbocycles. The first-order valence-corrected chi connectivity index (χ1v) is 8.58. The Hall–Kier alpha value is -2.56. The number of fused-ring (bicyclic) bond motifs is 1. The van der Waals surface area contributed by atoms with Crippen molar-refractivity contribution >= 4 is 11.8 Å². The summed E-state index contributed by atoms with van der Waals surface area (Å²) in [6.45, 7) is 4.74. The van der Waals surface area contributed by atoms with Gasteiger partial charge in [0.1, 0.15) is 5.82 Å². The molecule has 24 heavy (non-hydrogen) atoms. The third-order valence-corrected chi connectivity index (χ3v) is 4.92. The maximum atomic E-state index is 12.8. The maximum Gasteiger partial charge on any atom is 0.320 e. The van der Waals surface area contributed by atoms with Crippen LogP contribution in [0, 0.1) is 0 Å². The van der Waals surface area contributed by atoms with Crippen LogP contribution in [0.25, 0.3) is 0 Å². The number of benzene rings is 1. The maximum absolute atomic E-state index is 12.8. The number of amides is 2. The number of rotatable bonds is 1. The highest BCUT2D eigenvalue weighted by Crippen LogP contribution is 2.20. The zero-order chi connectivity index (χ0) is 16.4. The van der Waals surface area contributed by atoms with Gasteiger partial charge in [-0.05, 0) is 29.7 Å². The van der Waals surface area contributed by atoms with Crippen molar-refractivity contribution in [3.05, 3.63) is 59.8 Å². The van der Waals surface area contributed by atoms with E-state index in [0.717, 1.165) is 51.5 Å². The van der Waals surface area contributed by atoms with E-state index in [1.54, 1.807) is 0 Å². The van der Waals surface area contributed by atoms with Crippen LogP contribution in [0.5, 0.6) is 0 Å². The van der Waals surface area contributed by atoms with E-state index in [9.17, 15) is 4.79 Å². The fourth-order valence-electron chi connectivity index (χ4n) is 3.53. The first-order chi connectivity index (χ1) is 11.8. The molecule has 5 heteroatoms. The monoisotopic (exact) mass is 322 g/mol. The van der Waals surface area contributed by atoms with Gasteiger partial charge in [0, 0.05) is 45.5 Å². The smallest absolute Gasteiger partial charge is 0.320 e. The topological polar surface area (TPSA) is 39.7 Å². The van der Waals surface area contributed by atoms with Gasteiger partial charge in [-0.2, -0.15) is 0 Å². The van der Waals surface area contributed by atoms with Crippen LogP contribution in [0.2, 0.25) is 0 Å². The number of nitrogens with zero attached hydrogens (tertiary/aromatic N) is 4. The summed E-state index contributed by atoms with van der Waals surface area (Å²) in [5.41, 5.74) is 2.66. The third kappa shape index (κ3) is 2.94. The molecule has 2 amide bonds. The lowest BCUT2D eigenvalue weighted by atomic mass is 10.0. The summed E-state index contributed by atoms with van der Waals surface area (Å²) >= 11 is 0. The van der Waals surface area contributed by atoms with E-state index in [-0.39, 0.29) is 6.03 Å². The SMILES string of the molecule is O=C(N1CCN(c2ccccn2)CC1)N1CCc2ccccc2C1. The van der Waals surface area contributed by atoms with E-state index >= 15 is 0 Å². The van der Waals surface area contributed by atoms with Gasteiger partial charge < -0.3 is 14.7 Å². The molecule has 2 aliphatic heterocycles. The summed E-state index contributed by atoms with van der Waals surface area (Å²) in [5.74, 6) is 0.997. The highest BCUT2D eigenvalue weighted by Gasteiger charge is 2.27. The number of pyridine rings is 1. The molecule has 0 radical (unpaired) electrons. The standard InChI is InChI=1S/C19H22N4O/c24-19(23-10-8-16-5-1-2-6-17(16)15-23)22-13-11-21(12-14-22)18-7-3-4-9-20-18/h1-7,9H,8,10-15H2. The van der Waals surface area contributed by atoms with Gasteiger partial charge in [-0.1, -0.05) is 30.3 Å². The Morgan fingerprint density at radius 1 is 0.833 bits per heavy atom. The third-order valence-electron chi connectivity index (χ3n) is 4.92. The lowest BCUT2D eigenvalue weighted by molar-refractivity contribution is 0.145. The average molecular weight is 322 g/mol. The molecule has 2 aliphatic rings. The number of carbonyl (C=O) groups excluding carboxylic acids is 1. The second-order valence-electron chi connectivity index (χ2n) is 6.38. The first kappa shape index (κ1) is 15.0. The molecule has 1 aromatic carbocycles. The molecule has 1 fully saturated rings. The van der Waals surface area contributed by atoms with Crippen molar-refractivity contribution in [2.24, 2.45) is 0 Å². The fraction of sp³-hybridized carbons (Fsp3) is 0.368. The minimum Gasteiger partial charge on any atom is -0.353 e. The Labute approximate surface area is 142 Å². The molecule has 124 valence electrons. The predicted octanol–water partition coefficient (Wildman–Crippen LogP) is 2.38. The van der Waals surface area contributed by atoms with E-state index in [4.69, 9.17) is 0 Å². The molecule has 1 saturated heterocycles. The Balaban J connectivity index is 1.37. The second kappa shape index (κ2) is 6.51. The van der Waals surface area contributed by atoms with Crippen LogP contribution in [0.1, 0.15) is 11.1 Å². The summed E-state index contributed by atoms with van der Waals surface area (Å²) in [6.07, 6.45) is 2.77. The van der Waals surface area contributed by atoms with Crippen LogP contribution in [0.4, 0.5) is 10.6 Å². The van der Waals surface area contributed by atoms with E-state index in [2.05, 4.69) is 34.1 Å². The minimum atomic E-state index is 0.171. The van der Waals surface area contributed by atoms with Crippen molar-refractivity contribution in [2.75, 3.05) is 37.6 Å². The summed E-state index contributed by atoms with van der Waals surface area (Å²) in [7, 11) is 0. The van der Waals surface area contributed by atoms with Crippen molar-refractivity contribution in [1.29, 1.82) is 0 Å². The molecule has 2 aromatic rings. The quantitative estimate of drug-likeness (QED) is 0.809. The molecule has 3 heterocycles. The minimum absolute atomic E-state index is 0.171. The number of urea groups is 1. The summed E-state index contributed by atoms with van der Waals surface area (Å²) in [4.78, 5) is 23.4. The van der Waals surface area contributed by atoms with Gasteiger partial charge in [0.2, 0.25) is 0 Å². The molecule has 0 bridgehead atoms. The Morgan fingerprint density at radius 2 is 1.58 bits per heavy atom. The number of carbonyl (C=O) groups is 1. The molecule has 0 atom stereocenters. The lowest BCUT2D eigenvalue weighted by Crippen LogP contribution is -2.53. The number of piperazine rings is 1. The Kier molecular flexibility index (Phi) is 4.07. The fourth-order valence-corrected chi connectivity index (χ4v) is 3.53. The highest BCUT2D eigenvalue weighted by atomic mass is 16.2. The van der Waals surface area contributed by atoms with Crippen LogP contribution < -0.4 is 4.90 Å². The summed E-state index contributed by atoms with van der Waals surface area (Å²) < 4.78 is 0. The van der Waals surface area contributed by atoms with Crippen molar-refractivity contribution in [1.82, 2.24) is 14.8 Å². The van der Waals surface area contributed by atoms with Gasteiger partial charge in [0.05, 0.1) is 0 Å². The normalized spacial score (nSPS) is 17.6. The molecule has 0 N–H and O–H groups in total. The first-order valence-electron chi connectivity index (χ1n) is 8.58. The van der Waals surface area contributed by atoms with Crippen molar-refractivity contribution in [3.8, 4) is 0 Å². The highest BCUT2D eigenvalue weighted by molar-refractivity contribution is 5.75. The molecule has 4 rings (SSSR count). The van der Waals surface area contributed by atoms with E-state index in [0.29, 0.717) is 0 Å². The van der Waals surface area contributed by atoms with Crippen LogP contribution in [0.15, 0.2) is 48.7 Å². The van der Waals surface area contributed by atoms with Crippen LogP contribution in [-0.4, -0.2) is 53.5 Å². The molecular weight excluding hydrogens is 300 g/mol. The van der Waals surface area contributed by atoms with Crippen LogP contribution in [-0.2, 0) is 13.0 Å². The van der Waals surface area contributed by atoms with Gasteiger partial charge in [0.25, 0.3) is 0 Å². The molecule has 0 aliphatic carbocycles. The van der Waals surface area contributed by atoms with E-state index < -0.39 is 0 Å². The molecule has 0 unspecified atom stereocenters. The zero-order valence-electron chi connectivity index (χ0n) is 13.8. The van der Waals surface area contributed by atoms with Gasteiger partial charge >= 0.3 is 6.03 Å². The van der Waals surface area contributed by atoms with Gasteiger partial charge in [0.15, 0.2) is 0 Å². The summed E-state index contributed by atoms with van der Waals surface area (Å²) in [5, 5.41) is 0. The number of hydrogen-bond donors (Lipinski definition) is 0. The molecular formula is C19H22N4O. The van der Waals surface area contributed by atoms with Crippen LogP contribution >= 0.6 is 0 Å². The Bertz CT molecular complexity index is 710. The van der Waals surface area contributed by atoms with Gasteiger partial charge in [-0.15, -0.1) is 0 Å². The number of aromatic nitrogens is 1. The number of anilines is 1. The molecule has 1 aromatic heterocycles. The van der Waals surface area contributed by atoms with E-state index in [1.807, 2.05) is 34.2 Å². The average Bonchev–Trinajstić information content (AvgIpc) is 2.68. The predicted molar refractivity (Wildman–Crippen MR) is 94.0 cm³/mol. The van der Waals surface area contributed by atoms with Crippen molar-refractivity contribution in [2.45, 2.75) is 13.0 Å². The second-order valence-corrected chi connectivity index (χ2v) is 6.38. The number of hydrogen-bond acceptors (Lipinski definition) is 3. The van der Waals surface area contributed by atoms with Gasteiger partial charge in [-0.3, -0.25) is 0 Å².